The first kappa shape index (κ1) is 15.5. The number of nitro benzene ring substituents is 1. The Hall–Kier alpha value is -2.91. The second kappa shape index (κ2) is 5.13. The van der Waals surface area contributed by atoms with Crippen molar-refractivity contribution in [2.75, 3.05) is 0 Å². The normalized spacial score (nSPS) is 11.5. The van der Waals surface area contributed by atoms with E-state index in [1.54, 1.807) is 0 Å². The zero-order chi connectivity index (χ0) is 16.7. The Labute approximate surface area is 120 Å². The van der Waals surface area contributed by atoms with Gasteiger partial charge in [-0.1, -0.05) is 0 Å². The number of carboxylic acids is 1. The minimum atomic E-state index is -4.76. The monoisotopic (exact) mass is 315 g/mol. The topological polar surface area (TPSA) is 98.3 Å². The summed E-state index contributed by atoms with van der Waals surface area (Å²) in [5, 5.41) is 23.5. The van der Waals surface area contributed by atoms with E-state index >= 15 is 0 Å². The number of aromatic nitrogens is 2. The van der Waals surface area contributed by atoms with Gasteiger partial charge >= 0.3 is 12.1 Å². The SMILES string of the molecule is Cc1cc(C(F)(F)F)n(-c2ccc(C(=O)O)cc2[N+](=O)[O-])n1. The molecule has 7 nitrogen and oxygen atoms in total. The Morgan fingerprint density at radius 3 is 2.50 bits per heavy atom. The lowest BCUT2D eigenvalue weighted by molar-refractivity contribution is -0.384. The van der Waals surface area contributed by atoms with Crippen LogP contribution in [0.5, 0.6) is 0 Å². The van der Waals surface area contributed by atoms with Gasteiger partial charge in [0, 0.05) is 6.07 Å². The molecular weight excluding hydrogens is 307 g/mol. The van der Waals surface area contributed by atoms with Crippen molar-refractivity contribution in [3.05, 3.63) is 51.3 Å². The molecule has 0 aliphatic rings. The van der Waals surface area contributed by atoms with Crippen molar-refractivity contribution in [3.63, 3.8) is 0 Å². The van der Waals surface area contributed by atoms with Gasteiger partial charge < -0.3 is 5.11 Å². The number of alkyl halides is 3. The van der Waals surface area contributed by atoms with Gasteiger partial charge in [0.05, 0.1) is 16.2 Å². The standard InChI is InChI=1S/C12H8F3N3O4/c1-6-4-10(12(13,14)15)17(16-6)8-3-2-7(11(19)20)5-9(8)18(21)22/h2-5H,1H3,(H,19,20). The van der Waals surface area contributed by atoms with Crippen molar-refractivity contribution in [3.8, 4) is 5.69 Å². The number of aryl methyl sites for hydroxylation is 1. The van der Waals surface area contributed by atoms with Crippen LogP contribution in [0.2, 0.25) is 0 Å². The first-order valence-electron chi connectivity index (χ1n) is 5.77. The highest BCUT2D eigenvalue weighted by molar-refractivity contribution is 5.89. The van der Waals surface area contributed by atoms with Crippen molar-refractivity contribution < 1.29 is 28.0 Å². The molecule has 0 aliphatic carbocycles. The Bertz CT molecular complexity index is 767. The number of carboxylic acid groups (broad SMARTS) is 1. The van der Waals surface area contributed by atoms with Crippen molar-refractivity contribution in [2.24, 2.45) is 0 Å². The molecule has 2 rings (SSSR count). The number of nitro groups is 1. The second-order valence-corrected chi connectivity index (χ2v) is 4.35. The molecule has 22 heavy (non-hydrogen) atoms. The van der Waals surface area contributed by atoms with Gasteiger partial charge in [-0.3, -0.25) is 10.1 Å². The number of hydrogen-bond donors (Lipinski definition) is 1. The Balaban J connectivity index is 2.73. The smallest absolute Gasteiger partial charge is 0.433 e. The number of nitrogens with zero attached hydrogens (tertiary/aromatic N) is 3. The van der Waals surface area contributed by atoms with E-state index in [1.165, 1.54) is 6.92 Å². The van der Waals surface area contributed by atoms with Gasteiger partial charge in [0.2, 0.25) is 0 Å². The number of halogens is 3. The molecule has 0 bridgehead atoms. The van der Waals surface area contributed by atoms with Gasteiger partial charge in [0.1, 0.15) is 11.4 Å². The molecule has 0 unspecified atom stereocenters. The molecule has 0 spiro atoms. The summed E-state index contributed by atoms with van der Waals surface area (Å²) in [6.07, 6.45) is -4.76. The van der Waals surface area contributed by atoms with Crippen LogP contribution < -0.4 is 0 Å². The van der Waals surface area contributed by atoms with E-state index in [-0.39, 0.29) is 5.69 Å². The summed E-state index contributed by atoms with van der Waals surface area (Å²) >= 11 is 0. The summed E-state index contributed by atoms with van der Waals surface area (Å²) in [5.74, 6) is -1.43. The first-order valence-corrected chi connectivity index (χ1v) is 5.77. The third-order valence-corrected chi connectivity index (χ3v) is 2.77. The van der Waals surface area contributed by atoms with Crippen LogP contribution in [0.1, 0.15) is 21.7 Å². The lowest BCUT2D eigenvalue weighted by atomic mass is 10.1. The number of rotatable bonds is 3. The van der Waals surface area contributed by atoms with E-state index in [2.05, 4.69) is 5.10 Å². The molecule has 0 saturated heterocycles. The highest BCUT2D eigenvalue weighted by Crippen LogP contribution is 2.34. The van der Waals surface area contributed by atoms with Crippen LogP contribution in [0.4, 0.5) is 18.9 Å². The van der Waals surface area contributed by atoms with Crippen LogP contribution in [-0.2, 0) is 6.18 Å². The molecule has 0 amide bonds. The van der Waals surface area contributed by atoms with Gasteiger partial charge in [0.25, 0.3) is 5.69 Å². The van der Waals surface area contributed by atoms with Crippen LogP contribution in [0.15, 0.2) is 24.3 Å². The van der Waals surface area contributed by atoms with Crippen LogP contribution in [0, 0.1) is 17.0 Å². The largest absolute Gasteiger partial charge is 0.478 e. The van der Waals surface area contributed by atoms with E-state index in [0.717, 1.165) is 18.2 Å². The zero-order valence-corrected chi connectivity index (χ0v) is 11.0. The predicted molar refractivity (Wildman–Crippen MR) is 66.9 cm³/mol. The van der Waals surface area contributed by atoms with Crippen LogP contribution in [0.25, 0.3) is 5.69 Å². The third-order valence-electron chi connectivity index (χ3n) is 2.77. The molecule has 116 valence electrons. The van der Waals surface area contributed by atoms with Gasteiger partial charge in [-0.05, 0) is 25.1 Å². The van der Waals surface area contributed by atoms with Crippen molar-refractivity contribution in [2.45, 2.75) is 13.1 Å². The van der Waals surface area contributed by atoms with Crippen LogP contribution in [0.3, 0.4) is 0 Å². The van der Waals surface area contributed by atoms with E-state index in [0.29, 0.717) is 10.7 Å². The summed E-state index contributed by atoms with van der Waals surface area (Å²) in [7, 11) is 0. The highest BCUT2D eigenvalue weighted by atomic mass is 19.4. The summed E-state index contributed by atoms with van der Waals surface area (Å²) in [5.41, 5.74) is -2.82. The maximum Gasteiger partial charge on any atom is 0.433 e. The molecule has 0 radical (unpaired) electrons. The molecule has 0 atom stereocenters. The predicted octanol–water partition coefficient (Wildman–Crippen LogP) is 2.81. The maximum atomic E-state index is 13.0. The van der Waals surface area contributed by atoms with E-state index in [4.69, 9.17) is 5.11 Å². The van der Waals surface area contributed by atoms with E-state index in [9.17, 15) is 28.1 Å². The number of hydrogen-bond acceptors (Lipinski definition) is 4. The number of aromatic carboxylic acids is 1. The molecule has 2 aromatic rings. The molecular formula is C12H8F3N3O4. The molecule has 1 aromatic heterocycles. The molecule has 10 heteroatoms. The number of carbonyl (C=O) groups is 1. The fraction of sp³-hybridized carbons (Fsp3) is 0.167. The molecule has 1 heterocycles. The maximum absolute atomic E-state index is 13.0. The van der Waals surface area contributed by atoms with Crippen molar-refractivity contribution >= 4 is 11.7 Å². The molecule has 1 aromatic carbocycles. The Kier molecular flexibility index (Phi) is 3.61. The third kappa shape index (κ3) is 2.75. The summed E-state index contributed by atoms with van der Waals surface area (Å²) in [6.45, 7) is 1.31. The fourth-order valence-electron chi connectivity index (χ4n) is 1.87. The average Bonchev–Trinajstić information content (AvgIpc) is 2.79. The fourth-order valence-corrected chi connectivity index (χ4v) is 1.87. The molecule has 0 fully saturated rings. The minimum Gasteiger partial charge on any atom is -0.478 e. The van der Waals surface area contributed by atoms with Crippen LogP contribution >= 0.6 is 0 Å². The zero-order valence-electron chi connectivity index (χ0n) is 11.0. The average molecular weight is 315 g/mol. The lowest BCUT2D eigenvalue weighted by Gasteiger charge is -2.10. The van der Waals surface area contributed by atoms with Gasteiger partial charge in [-0.2, -0.15) is 18.3 Å². The summed E-state index contributed by atoms with van der Waals surface area (Å²) in [4.78, 5) is 20.9. The number of benzene rings is 1. The van der Waals surface area contributed by atoms with Crippen molar-refractivity contribution in [1.29, 1.82) is 0 Å². The van der Waals surface area contributed by atoms with Gasteiger partial charge in [0.15, 0.2) is 0 Å². The summed E-state index contributed by atoms with van der Waals surface area (Å²) < 4.78 is 39.3. The minimum absolute atomic E-state index is 0.0175. The Morgan fingerprint density at radius 1 is 1.36 bits per heavy atom. The Morgan fingerprint density at radius 2 is 2.00 bits per heavy atom. The quantitative estimate of drug-likeness (QED) is 0.693. The summed E-state index contributed by atoms with van der Waals surface area (Å²) in [6, 6.07) is 3.33. The second-order valence-electron chi connectivity index (χ2n) is 4.35. The molecule has 0 saturated carbocycles. The molecule has 1 N–H and O–H groups in total. The van der Waals surface area contributed by atoms with Crippen molar-refractivity contribution in [1.82, 2.24) is 9.78 Å². The lowest BCUT2D eigenvalue weighted by Crippen LogP contribution is -2.14. The van der Waals surface area contributed by atoms with E-state index < -0.39 is 39.7 Å². The highest BCUT2D eigenvalue weighted by Gasteiger charge is 2.37. The van der Waals surface area contributed by atoms with Gasteiger partial charge in [-0.15, -0.1) is 0 Å². The first-order chi connectivity index (χ1) is 10.1. The molecule has 0 aliphatic heterocycles. The van der Waals surface area contributed by atoms with Gasteiger partial charge in [-0.25, -0.2) is 9.48 Å². The van der Waals surface area contributed by atoms with E-state index in [1.807, 2.05) is 0 Å². The van der Waals surface area contributed by atoms with Crippen LogP contribution in [-0.4, -0.2) is 25.8 Å².